The summed E-state index contributed by atoms with van der Waals surface area (Å²) in [5.41, 5.74) is 0. The van der Waals surface area contributed by atoms with Crippen LogP contribution >= 0.6 is 0 Å². The molecule has 0 saturated carbocycles. The fourth-order valence-electron chi connectivity index (χ4n) is 0. The Morgan fingerprint density at radius 3 is 1.50 bits per heavy atom. The number of carboxylic acids is 1. The second-order valence-electron chi connectivity index (χ2n) is 0.519. The molecule has 0 aliphatic carbocycles. The second-order valence-corrected chi connectivity index (χ2v) is 0.519. The van der Waals surface area contributed by atoms with Crippen LogP contribution in [0.15, 0.2) is 0 Å². The molecular formula is C2H4Ni2O2. The maximum Gasteiger partial charge on any atom is 0.300 e. The first-order valence-corrected chi connectivity index (χ1v) is 0.928. The molecule has 0 heterocycles. The van der Waals surface area contributed by atoms with E-state index in [0.29, 0.717) is 0 Å². The van der Waals surface area contributed by atoms with Gasteiger partial charge in [-0.25, -0.2) is 0 Å². The van der Waals surface area contributed by atoms with Crippen molar-refractivity contribution in [2.45, 2.75) is 6.92 Å². The predicted octanol–water partition coefficient (Wildman–Crippen LogP) is 0.0859. The largest absolute Gasteiger partial charge is 0.481 e. The predicted molar refractivity (Wildman–Crippen MR) is 13.3 cm³/mol. The monoisotopic (exact) mass is 176 g/mol. The topological polar surface area (TPSA) is 37.3 Å². The molecule has 6 heavy (non-hydrogen) atoms. The van der Waals surface area contributed by atoms with E-state index in [1.54, 1.807) is 0 Å². The average Bonchev–Trinajstić information content (AvgIpc) is 0.811. The Hall–Kier alpha value is 0.457. The molecule has 0 radical (unpaired) electrons. The molecule has 0 atom stereocenters. The number of carboxylic acid groups (broad SMARTS) is 1. The molecule has 4 heteroatoms. The Morgan fingerprint density at radius 1 is 1.50 bits per heavy atom. The Balaban J connectivity index is -0.0000000450. The van der Waals surface area contributed by atoms with E-state index in [1.165, 1.54) is 0 Å². The molecule has 0 unspecified atom stereocenters. The maximum atomic E-state index is 9.00. The molecule has 0 fully saturated rings. The van der Waals surface area contributed by atoms with E-state index in [1.807, 2.05) is 0 Å². The smallest absolute Gasteiger partial charge is 0.300 e. The van der Waals surface area contributed by atoms with E-state index >= 15 is 0 Å². The number of carbonyl (C=O) groups is 1. The summed E-state index contributed by atoms with van der Waals surface area (Å²) < 4.78 is 0. The minimum atomic E-state index is -0.833. The van der Waals surface area contributed by atoms with Gasteiger partial charge in [0.2, 0.25) is 0 Å². The Morgan fingerprint density at radius 2 is 1.50 bits per heavy atom. The van der Waals surface area contributed by atoms with Crippen molar-refractivity contribution in [1.29, 1.82) is 0 Å². The van der Waals surface area contributed by atoms with E-state index in [2.05, 4.69) is 0 Å². The molecular weight excluding hydrogens is 173 g/mol. The zero-order valence-corrected chi connectivity index (χ0v) is 4.96. The van der Waals surface area contributed by atoms with Gasteiger partial charge < -0.3 is 5.11 Å². The molecule has 0 spiro atoms. The van der Waals surface area contributed by atoms with E-state index in [0.717, 1.165) is 6.92 Å². The van der Waals surface area contributed by atoms with Gasteiger partial charge in [-0.1, -0.05) is 0 Å². The zero-order valence-electron chi connectivity index (χ0n) is 2.99. The summed E-state index contributed by atoms with van der Waals surface area (Å²) in [5.74, 6) is -0.833. The van der Waals surface area contributed by atoms with Gasteiger partial charge in [0.15, 0.2) is 0 Å². The normalized spacial score (nSPS) is 4.17. The third kappa shape index (κ3) is 255. The number of rotatable bonds is 0. The summed E-state index contributed by atoms with van der Waals surface area (Å²) in [6.45, 7) is 1.08. The van der Waals surface area contributed by atoms with Crippen molar-refractivity contribution >= 4 is 5.97 Å². The molecule has 0 aromatic heterocycles. The van der Waals surface area contributed by atoms with Crippen molar-refractivity contribution < 1.29 is 42.9 Å². The fourth-order valence-corrected chi connectivity index (χ4v) is 0. The van der Waals surface area contributed by atoms with Crippen LogP contribution < -0.4 is 0 Å². The van der Waals surface area contributed by atoms with Gasteiger partial charge in [-0.3, -0.25) is 4.79 Å². The van der Waals surface area contributed by atoms with Crippen LogP contribution in [0.2, 0.25) is 0 Å². The van der Waals surface area contributed by atoms with Crippen LogP contribution in [-0.4, -0.2) is 11.1 Å². The summed E-state index contributed by atoms with van der Waals surface area (Å²) in [5, 5.41) is 7.42. The number of hydrogen-bond donors (Lipinski definition) is 1. The number of hydrogen-bond acceptors (Lipinski definition) is 1. The molecule has 0 aromatic carbocycles. The summed E-state index contributed by atoms with van der Waals surface area (Å²) in [7, 11) is 0. The molecule has 0 saturated heterocycles. The van der Waals surface area contributed by atoms with Crippen LogP contribution in [0.25, 0.3) is 0 Å². The van der Waals surface area contributed by atoms with Crippen molar-refractivity contribution in [1.82, 2.24) is 0 Å². The van der Waals surface area contributed by atoms with Gasteiger partial charge in [-0.15, -0.1) is 0 Å². The van der Waals surface area contributed by atoms with Crippen molar-refractivity contribution in [3.63, 3.8) is 0 Å². The van der Waals surface area contributed by atoms with Gasteiger partial charge in [0.05, 0.1) is 0 Å². The zero-order chi connectivity index (χ0) is 3.58. The molecule has 0 aliphatic rings. The summed E-state index contributed by atoms with van der Waals surface area (Å²) >= 11 is 0. The third-order valence-electron chi connectivity index (χ3n) is 0. The minimum absolute atomic E-state index is 0. The van der Waals surface area contributed by atoms with Gasteiger partial charge in [-0.05, 0) is 0 Å². The summed E-state index contributed by atoms with van der Waals surface area (Å²) in [4.78, 5) is 9.00. The van der Waals surface area contributed by atoms with E-state index < -0.39 is 5.97 Å². The molecule has 1 N–H and O–H groups in total. The summed E-state index contributed by atoms with van der Waals surface area (Å²) in [6.07, 6.45) is 0. The molecule has 0 aromatic rings. The van der Waals surface area contributed by atoms with E-state index in [-0.39, 0.29) is 33.0 Å². The Kier molecular flexibility index (Phi) is 24.3. The molecule has 0 amide bonds. The first kappa shape index (κ1) is 16.1. The van der Waals surface area contributed by atoms with Crippen molar-refractivity contribution in [3.8, 4) is 0 Å². The van der Waals surface area contributed by atoms with Crippen LogP contribution in [0, 0.1) is 0 Å². The maximum absolute atomic E-state index is 9.00. The fraction of sp³-hybridized carbons (Fsp3) is 0.500. The van der Waals surface area contributed by atoms with E-state index in [9.17, 15) is 0 Å². The van der Waals surface area contributed by atoms with Crippen LogP contribution in [0.4, 0.5) is 0 Å². The van der Waals surface area contributed by atoms with Crippen molar-refractivity contribution in [3.05, 3.63) is 0 Å². The first-order chi connectivity index (χ1) is 1.73. The minimum Gasteiger partial charge on any atom is -0.481 e. The van der Waals surface area contributed by atoms with Gasteiger partial charge in [0.25, 0.3) is 5.97 Å². The molecule has 44 valence electrons. The van der Waals surface area contributed by atoms with Crippen molar-refractivity contribution in [2.24, 2.45) is 0 Å². The second kappa shape index (κ2) is 9.07. The molecule has 0 rings (SSSR count). The van der Waals surface area contributed by atoms with Crippen LogP contribution in [-0.2, 0) is 37.8 Å². The molecule has 0 aliphatic heterocycles. The standard InChI is InChI=1S/C2H4O2.2Ni/c1-2(3)4;;/h1H3,(H,3,4);;. The first-order valence-electron chi connectivity index (χ1n) is 0.928. The SMILES string of the molecule is CC(=O)O.[Ni].[Ni]. The van der Waals surface area contributed by atoms with E-state index in [4.69, 9.17) is 9.90 Å². The van der Waals surface area contributed by atoms with Crippen molar-refractivity contribution in [2.75, 3.05) is 0 Å². The Labute approximate surface area is 56.2 Å². The molecule has 2 nitrogen and oxygen atoms in total. The molecule has 0 bridgehead atoms. The average molecular weight is 177 g/mol. The summed E-state index contributed by atoms with van der Waals surface area (Å²) in [6, 6.07) is 0. The third-order valence-corrected chi connectivity index (χ3v) is 0. The van der Waals surface area contributed by atoms with Crippen LogP contribution in [0.5, 0.6) is 0 Å². The number of aliphatic carboxylic acids is 1. The van der Waals surface area contributed by atoms with Gasteiger partial charge in [-0.2, -0.15) is 0 Å². The quantitative estimate of drug-likeness (QED) is 0.533. The van der Waals surface area contributed by atoms with Gasteiger partial charge >= 0.3 is 0 Å². The van der Waals surface area contributed by atoms with Crippen LogP contribution in [0.1, 0.15) is 6.92 Å². The van der Waals surface area contributed by atoms with Gasteiger partial charge in [0, 0.05) is 39.9 Å². The van der Waals surface area contributed by atoms with Gasteiger partial charge in [0.1, 0.15) is 0 Å². The Bertz CT molecular complexity index is 32.5. The van der Waals surface area contributed by atoms with Crippen LogP contribution in [0.3, 0.4) is 0 Å².